The second kappa shape index (κ2) is 3.59. The normalized spacial score (nSPS) is 9.27. The molecule has 0 aliphatic carbocycles. The van der Waals surface area contributed by atoms with Crippen LogP contribution in [0.5, 0.6) is 0 Å². The lowest BCUT2D eigenvalue weighted by molar-refractivity contribution is -0.392. The molecule has 0 amide bonds. The van der Waals surface area contributed by atoms with E-state index >= 15 is 0 Å². The number of nitro benzene ring substituents is 2. The Bertz CT molecular complexity index is 455. The zero-order valence-electron chi connectivity index (χ0n) is 7.21. The van der Waals surface area contributed by atoms with Gasteiger partial charge in [0, 0.05) is 12.1 Å². The van der Waals surface area contributed by atoms with Gasteiger partial charge in [0.1, 0.15) is 0 Å². The van der Waals surface area contributed by atoms with Gasteiger partial charge in [0.25, 0.3) is 0 Å². The third-order valence-corrected chi connectivity index (χ3v) is 1.66. The van der Waals surface area contributed by atoms with Crippen molar-refractivity contribution in [2.24, 2.45) is 0 Å². The fourth-order valence-electron chi connectivity index (χ4n) is 0.990. The summed E-state index contributed by atoms with van der Waals surface area (Å²) in [6, 6.07) is 3.36. The molecule has 0 fully saturated rings. The largest absolute Gasteiger partial charge is 0.387 e. The summed E-state index contributed by atoms with van der Waals surface area (Å²) in [5.74, 6) is 0. The Morgan fingerprint density at radius 1 is 1.20 bits per heavy atom. The molecule has 0 radical (unpaired) electrons. The molecule has 0 bridgehead atoms. The molecule has 0 spiro atoms. The van der Waals surface area contributed by atoms with Gasteiger partial charge in [-0.05, 0) is 0 Å². The molecule has 1 aromatic rings. The maximum absolute atomic E-state index is 10.5. The predicted molar refractivity (Wildman–Crippen MR) is 48.9 cm³/mol. The molecule has 0 saturated carbocycles. The SMILES string of the molecule is N#Cc1cc([N+](=O)[O-])c(N)c([N+](=O)[O-])c1. The Hall–Kier alpha value is -2.69. The van der Waals surface area contributed by atoms with Gasteiger partial charge >= 0.3 is 11.4 Å². The molecule has 0 saturated heterocycles. The van der Waals surface area contributed by atoms with Gasteiger partial charge in [0.2, 0.25) is 0 Å². The van der Waals surface area contributed by atoms with Crippen molar-refractivity contribution < 1.29 is 9.85 Å². The van der Waals surface area contributed by atoms with Gasteiger partial charge in [-0.2, -0.15) is 5.26 Å². The van der Waals surface area contributed by atoms with Crippen LogP contribution in [0.15, 0.2) is 12.1 Å². The van der Waals surface area contributed by atoms with Crippen LogP contribution in [0.1, 0.15) is 5.56 Å². The van der Waals surface area contributed by atoms with Crippen molar-refractivity contribution in [1.82, 2.24) is 0 Å². The van der Waals surface area contributed by atoms with Crippen LogP contribution in [0.4, 0.5) is 17.1 Å². The van der Waals surface area contributed by atoms with E-state index in [9.17, 15) is 20.2 Å². The van der Waals surface area contributed by atoms with Crippen LogP contribution in [-0.2, 0) is 0 Å². The number of nitrogens with two attached hydrogens (primary N) is 1. The number of nitrogens with zero attached hydrogens (tertiary/aromatic N) is 3. The first-order valence-corrected chi connectivity index (χ1v) is 3.59. The molecular weight excluding hydrogens is 204 g/mol. The Labute approximate surface area is 82.8 Å². The smallest absolute Gasteiger partial charge is 0.300 e. The zero-order valence-corrected chi connectivity index (χ0v) is 7.21. The number of nitriles is 1. The standard InChI is InChI=1S/C7H4N4O4/c8-3-4-1-5(10(12)13)7(9)6(2-4)11(14)15/h1-2H,9H2. The van der Waals surface area contributed by atoms with E-state index in [0.29, 0.717) is 0 Å². The number of rotatable bonds is 2. The maximum Gasteiger partial charge on any atom is 0.300 e. The molecule has 0 heterocycles. The van der Waals surface area contributed by atoms with Crippen LogP contribution in [0.3, 0.4) is 0 Å². The highest BCUT2D eigenvalue weighted by atomic mass is 16.6. The van der Waals surface area contributed by atoms with E-state index in [-0.39, 0.29) is 5.56 Å². The molecule has 2 N–H and O–H groups in total. The number of nitrogen functional groups attached to an aromatic ring is 1. The second-order valence-corrected chi connectivity index (χ2v) is 2.55. The Morgan fingerprint density at radius 3 is 1.87 bits per heavy atom. The van der Waals surface area contributed by atoms with Gasteiger partial charge in [-0.15, -0.1) is 0 Å². The van der Waals surface area contributed by atoms with Gasteiger partial charge < -0.3 is 5.73 Å². The van der Waals surface area contributed by atoms with Crippen LogP contribution in [0.25, 0.3) is 0 Å². The zero-order chi connectivity index (χ0) is 11.6. The monoisotopic (exact) mass is 208 g/mol. The van der Waals surface area contributed by atoms with Crippen LogP contribution in [0.2, 0.25) is 0 Å². The molecule has 0 aromatic heterocycles. The first-order valence-electron chi connectivity index (χ1n) is 3.59. The molecule has 15 heavy (non-hydrogen) atoms. The fraction of sp³-hybridized carbons (Fsp3) is 0. The number of hydrogen-bond donors (Lipinski definition) is 1. The van der Waals surface area contributed by atoms with E-state index in [1.54, 1.807) is 6.07 Å². The molecule has 8 heteroatoms. The molecule has 76 valence electrons. The van der Waals surface area contributed by atoms with Crippen LogP contribution < -0.4 is 5.73 Å². The summed E-state index contributed by atoms with van der Waals surface area (Å²) >= 11 is 0. The minimum absolute atomic E-state index is 0.178. The van der Waals surface area contributed by atoms with Crippen LogP contribution >= 0.6 is 0 Å². The van der Waals surface area contributed by atoms with Gasteiger partial charge in [-0.25, -0.2) is 0 Å². The lowest BCUT2D eigenvalue weighted by Gasteiger charge is -1.98. The fourth-order valence-corrected chi connectivity index (χ4v) is 0.990. The Morgan fingerprint density at radius 2 is 1.60 bits per heavy atom. The van der Waals surface area contributed by atoms with Gasteiger partial charge in [-0.3, -0.25) is 20.2 Å². The van der Waals surface area contributed by atoms with Crippen molar-refractivity contribution in [2.45, 2.75) is 0 Å². The lowest BCUT2D eigenvalue weighted by Crippen LogP contribution is -2.01. The first kappa shape index (κ1) is 10.4. The topological polar surface area (TPSA) is 136 Å². The molecule has 0 unspecified atom stereocenters. The highest BCUT2D eigenvalue weighted by Gasteiger charge is 2.24. The Kier molecular flexibility index (Phi) is 2.48. The van der Waals surface area contributed by atoms with Crippen molar-refractivity contribution in [1.29, 1.82) is 5.26 Å². The highest BCUT2D eigenvalue weighted by molar-refractivity contribution is 5.73. The molecular formula is C7H4N4O4. The number of anilines is 1. The van der Waals surface area contributed by atoms with Crippen molar-refractivity contribution in [3.63, 3.8) is 0 Å². The van der Waals surface area contributed by atoms with Crippen LogP contribution in [-0.4, -0.2) is 9.85 Å². The summed E-state index contributed by atoms with van der Waals surface area (Å²) in [6.07, 6.45) is 0. The van der Waals surface area contributed by atoms with Gasteiger partial charge in [0.05, 0.1) is 21.5 Å². The van der Waals surface area contributed by atoms with E-state index in [0.717, 1.165) is 12.1 Å². The van der Waals surface area contributed by atoms with Gasteiger partial charge in [-0.1, -0.05) is 0 Å². The van der Waals surface area contributed by atoms with Crippen molar-refractivity contribution >= 4 is 17.1 Å². The summed E-state index contributed by atoms with van der Waals surface area (Å²) in [7, 11) is 0. The van der Waals surface area contributed by atoms with E-state index in [1.165, 1.54) is 0 Å². The maximum atomic E-state index is 10.5. The number of nitro groups is 2. The number of hydrogen-bond acceptors (Lipinski definition) is 6. The van der Waals surface area contributed by atoms with E-state index in [4.69, 9.17) is 11.0 Å². The van der Waals surface area contributed by atoms with Crippen molar-refractivity contribution in [3.05, 3.63) is 37.9 Å². The quantitative estimate of drug-likeness (QED) is 0.436. The predicted octanol–water partition coefficient (Wildman–Crippen LogP) is 0.957. The molecule has 1 rings (SSSR count). The average Bonchev–Trinajstić information content (AvgIpc) is 2.17. The summed E-state index contributed by atoms with van der Waals surface area (Å²) in [5.41, 5.74) is 3.21. The average molecular weight is 208 g/mol. The van der Waals surface area contributed by atoms with E-state index in [1.807, 2.05) is 0 Å². The molecule has 1 aromatic carbocycles. The lowest BCUT2D eigenvalue weighted by atomic mass is 10.1. The number of benzene rings is 1. The molecule has 0 atom stereocenters. The highest BCUT2D eigenvalue weighted by Crippen LogP contribution is 2.32. The Balaban J connectivity index is 3.56. The van der Waals surface area contributed by atoms with Crippen LogP contribution in [0, 0.1) is 31.6 Å². The van der Waals surface area contributed by atoms with Gasteiger partial charge in [0.15, 0.2) is 5.69 Å². The molecule has 0 aliphatic heterocycles. The third kappa shape index (κ3) is 1.80. The summed E-state index contributed by atoms with van der Waals surface area (Å²) in [4.78, 5) is 19.2. The van der Waals surface area contributed by atoms with Crippen molar-refractivity contribution in [2.75, 3.05) is 5.73 Å². The summed E-state index contributed by atoms with van der Waals surface area (Å²) in [6.45, 7) is 0. The van der Waals surface area contributed by atoms with Crippen molar-refractivity contribution in [3.8, 4) is 6.07 Å². The molecule has 8 nitrogen and oxygen atoms in total. The van der Waals surface area contributed by atoms with E-state index in [2.05, 4.69) is 0 Å². The second-order valence-electron chi connectivity index (χ2n) is 2.55. The minimum Gasteiger partial charge on any atom is -0.387 e. The summed E-state index contributed by atoms with van der Waals surface area (Å²) in [5, 5.41) is 29.4. The minimum atomic E-state index is -0.872. The molecule has 0 aliphatic rings. The van der Waals surface area contributed by atoms with E-state index < -0.39 is 26.9 Å². The summed E-state index contributed by atoms with van der Waals surface area (Å²) < 4.78 is 0. The third-order valence-electron chi connectivity index (χ3n) is 1.66. The first-order chi connectivity index (χ1) is 6.97.